The van der Waals surface area contributed by atoms with Crippen LogP contribution < -0.4 is 4.90 Å². The lowest BCUT2D eigenvalue weighted by Crippen LogP contribution is -2.34. The Morgan fingerprint density at radius 1 is 1.24 bits per heavy atom. The number of alkyl halides is 1. The first kappa shape index (κ1) is 14.3. The first-order valence-electron chi connectivity index (χ1n) is 6.90. The quantitative estimate of drug-likeness (QED) is 0.621. The van der Waals surface area contributed by atoms with Crippen LogP contribution in [0, 0.1) is 17.8 Å². The van der Waals surface area contributed by atoms with E-state index < -0.39 is 17.8 Å². The van der Waals surface area contributed by atoms with Gasteiger partial charge in [0.25, 0.3) is 0 Å². The van der Waals surface area contributed by atoms with Crippen molar-refractivity contribution in [1.29, 1.82) is 0 Å². The van der Waals surface area contributed by atoms with Gasteiger partial charge in [-0.3, -0.25) is 14.5 Å². The van der Waals surface area contributed by atoms with Crippen molar-refractivity contribution >= 4 is 29.1 Å². The summed E-state index contributed by atoms with van der Waals surface area (Å²) in [7, 11) is 0. The third kappa shape index (κ3) is 2.09. The fourth-order valence-electron chi connectivity index (χ4n) is 3.28. The molecule has 1 saturated heterocycles. The van der Waals surface area contributed by atoms with Crippen molar-refractivity contribution < 1.29 is 14.0 Å². The van der Waals surface area contributed by atoms with Crippen molar-refractivity contribution in [2.75, 3.05) is 10.8 Å². The van der Waals surface area contributed by atoms with E-state index >= 15 is 0 Å². The van der Waals surface area contributed by atoms with E-state index in [0.29, 0.717) is 11.3 Å². The van der Waals surface area contributed by atoms with Crippen LogP contribution in [0.25, 0.3) is 0 Å². The van der Waals surface area contributed by atoms with E-state index in [0.717, 1.165) is 0 Å². The lowest BCUT2D eigenvalue weighted by molar-refractivity contribution is -0.122. The second-order valence-corrected chi connectivity index (χ2v) is 5.84. The van der Waals surface area contributed by atoms with Gasteiger partial charge in [-0.05, 0) is 24.6 Å². The number of rotatable bonds is 2. The molecule has 1 aromatic rings. The Balaban J connectivity index is 2.02. The molecular formula is C16H15ClFNO2. The Morgan fingerprint density at radius 3 is 2.52 bits per heavy atom. The van der Waals surface area contributed by atoms with Gasteiger partial charge in [0.1, 0.15) is 0 Å². The number of benzene rings is 1. The molecule has 0 saturated carbocycles. The van der Waals surface area contributed by atoms with Crippen LogP contribution >= 0.6 is 11.6 Å². The molecular weight excluding hydrogens is 293 g/mol. The second-order valence-electron chi connectivity index (χ2n) is 5.53. The highest BCUT2D eigenvalue weighted by molar-refractivity contribution is 6.23. The van der Waals surface area contributed by atoms with Crippen molar-refractivity contribution in [3.63, 3.8) is 0 Å². The van der Waals surface area contributed by atoms with E-state index in [1.807, 2.05) is 6.07 Å². The van der Waals surface area contributed by atoms with Gasteiger partial charge in [-0.25, -0.2) is 4.39 Å². The van der Waals surface area contributed by atoms with Gasteiger partial charge >= 0.3 is 0 Å². The summed E-state index contributed by atoms with van der Waals surface area (Å²) >= 11 is 5.93. The Kier molecular flexibility index (Phi) is 3.57. The van der Waals surface area contributed by atoms with E-state index in [1.165, 1.54) is 4.90 Å². The van der Waals surface area contributed by atoms with Crippen molar-refractivity contribution in [2.24, 2.45) is 17.8 Å². The molecule has 110 valence electrons. The fourth-order valence-corrected chi connectivity index (χ4v) is 3.71. The molecule has 0 aromatic heterocycles. The van der Waals surface area contributed by atoms with Gasteiger partial charge in [0.15, 0.2) is 0 Å². The Bertz CT molecular complexity index is 628. The van der Waals surface area contributed by atoms with E-state index in [9.17, 15) is 14.0 Å². The number of para-hydroxylation sites is 1. The maximum Gasteiger partial charge on any atom is 0.238 e. The summed E-state index contributed by atoms with van der Waals surface area (Å²) in [4.78, 5) is 26.4. The van der Waals surface area contributed by atoms with E-state index in [1.54, 1.807) is 31.2 Å². The number of imide groups is 1. The summed E-state index contributed by atoms with van der Waals surface area (Å²) < 4.78 is 14.0. The highest BCUT2D eigenvalue weighted by Gasteiger charge is 2.54. The molecule has 5 heteroatoms. The number of hydrogen-bond donors (Lipinski definition) is 0. The van der Waals surface area contributed by atoms with Crippen LogP contribution in [0.5, 0.6) is 0 Å². The highest BCUT2D eigenvalue weighted by atomic mass is 35.5. The van der Waals surface area contributed by atoms with Crippen molar-refractivity contribution in [2.45, 2.75) is 13.3 Å². The number of carbonyl (C=O) groups is 2. The topological polar surface area (TPSA) is 37.4 Å². The molecule has 0 spiro atoms. The fraction of sp³-hybridized carbons (Fsp3) is 0.375. The SMILES string of the molecule is CC1=C(F)C[C@H]2C(=O)N(c3ccccc3)C(=O)[C@H]2[C@H]1CCl. The molecule has 3 atom stereocenters. The standard InChI is InChI=1S/C16H15ClFNO2/c1-9-12(8-17)14-11(7-13(9)18)15(20)19(16(14)21)10-5-3-2-4-6-10/h2-6,11-12,14H,7-8H2,1H3/t11-,12+,14-/m1/s1. The minimum atomic E-state index is -0.634. The zero-order valence-corrected chi connectivity index (χ0v) is 12.3. The number of halogens is 2. The average Bonchev–Trinajstić information content (AvgIpc) is 2.73. The normalized spacial score (nSPS) is 29.1. The van der Waals surface area contributed by atoms with Gasteiger partial charge in [-0.15, -0.1) is 11.6 Å². The van der Waals surface area contributed by atoms with E-state index in [-0.39, 0.29) is 29.9 Å². The van der Waals surface area contributed by atoms with Crippen molar-refractivity contribution in [1.82, 2.24) is 0 Å². The summed E-state index contributed by atoms with van der Waals surface area (Å²) in [5.74, 6) is -2.35. The summed E-state index contributed by atoms with van der Waals surface area (Å²) in [6, 6.07) is 8.76. The molecule has 1 fully saturated rings. The summed E-state index contributed by atoms with van der Waals surface area (Å²) in [6.07, 6.45) is -0.00219. The van der Waals surface area contributed by atoms with Crippen LogP contribution in [-0.4, -0.2) is 17.7 Å². The maximum atomic E-state index is 14.0. The monoisotopic (exact) mass is 307 g/mol. The summed E-state index contributed by atoms with van der Waals surface area (Å²) in [5.41, 5.74) is 1.04. The van der Waals surface area contributed by atoms with Crippen LogP contribution in [0.2, 0.25) is 0 Å². The molecule has 3 rings (SSSR count). The van der Waals surface area contributed by atoms with Gasteiger partial charge < -0.3 is 0 Å². The molecule has 1 heterocycles. The largest absolute Gasteiger partial charge is 0.274 e. The predicted octanol–water partition coefficient (Wildman–Crippen LogP) is 3.29. The number of amides is 2. The lowest BCUT2D eigenvalue weighted by atomic mass is 9.74. The first-order valence-corrected chi connectivity index (χ1v) is 7.43. The van der Waals surface area contributed by atoms with Crippen molar-refractivity contribution in [3.05, 3.63) is 41.7 Å². The molecule has 1 aliphatic carbocycles. The zero-order valence-electron chi connectivity index (χ0n) is 11.6. The average molecular weight is 308 g/mol. The molecule has 0 unspecified atom stereocenters. The molecule has 21 heavy (non-hydrogen) atoms. The molecule has 3 nitrogen and oxygen atoms in total. The maximum absolute atomic E-state index is 14.0. The zero-order chi connectivity index (χ0) is 15.1. The Labute approximate surface area is 127 Å². The molecule has 1 aliphatic heterocycles. The van der Waals surface area contributed by atoms with Crippen LogP contribution in [0.3, 0.4) is 0 Å². The van der Waals surface area contributed by atoms with Crippen LogP contribution in [0.15, 0.2) is 41.7 Å². The number of fused-ring (bicyclic) bond motifs is 1. The van der Waals surface area contributed by atoms with Gasteiger partial charge in [0, 0.05) is 18.2 Å². The second kappa shape index (κ2) is 5.26. The Hall–Kier alpha value is -1.68. The summed E-state index contributed by atoms with van der Waals surface area (Å²) in [5, 5.41) is 0. The van der Waals surface area contributed by atoms with Crippen LogP contribution in [0.1, 0.15) is 13.3 Å². The molecule has 0 radical (unpaired) electrons. The minimum Gasteiger partial charge on any atom is -0.274 e. The third-order valence-electron chi connectivity index (χ3n) is 4.47. The molecule has 0 bridgehead atoms. The number of carbonyl (C=O) groups excluding carboxylic acids is 2. The number of hydrogen-bond acceptors (Lipinski definition) is 2. The van der Waals surface area contributed by atoms with Gasteiger partial charge in [0.2, 0.25) is 11.8 Å². The van der Waals surface area contributed by atoms with Gasteiger partial charge in [-0.1, -0.05) is 18.2 Å². The van der Waals surface area contributed by atoms with E-state index in [2.05, 4.69) is 0 Å². The number of nitrogens with zero attached hydrogens (tertiary/aromatic N) is 1. The predicted molar refractivity (Wildman–Crippen MR) is 78.6 cm³/mol. The number of allylic oxidation sites excluding steroid dienone is 2. The van der Waals surface area contributed by atoms with Crippen LogP contribution in [0.4, 0.5) is 10.1 Å². The number of anilines is 1. The van der Waals surface area contributed by atoms with Crippen molar-refractivity contribution in [3.8, 4) is 0 Å². The third-order valence-corrected chi connectivity index (χ3v) is 4.81. The summed E-state index contributed by atoms with van der Waals surface area (Å²) in [6.45, 7) is 1.65. The van der Waals surface area contributed by atoms with Gasteiger partial charge in [-0.2, -0.15) is 0 Å². The Morgan fingerprint density at radius 2 is 1.90 bits per heavy atom. The minimum absolute atomic E-state index is 0.00219. The molecule has 1 aromatic carbocycles. The smallest absolute Gasteiger partial charge is 0.238 e. The van der Waals surface area contributed by atoms with E-state index in [4.69, 9.17) is 11.6 Å². The highest BCUT2D eigenvalue weighted by Crippen LogP contribution is 2.46. The van der Waals surface area contributed by atoms with Crippen LogP contribution in [-0.2, 0) is 9.59 Å². The first-order chi connectivity index (χ1) is 10.1. The van der Waals surface area contributed by atoms with Gasteiger partial charge in [0.05, 0.1) is 23.4 Å². The molecule has 0 N–H and O–H groups in total. The molecule has 2 amide bonds. The lowest BCUT2D eigenvalue weighted by Gasteiger charge is -2.29. The molecule has 2 aliphatic rings.